The van der Waals surface area contributed by atoms with Crippen molar-refractivity contribution >= 4 is 34.2 Å². The second-order valence-electron chi connectivity index (χ2n) is 10.9. The predicted octanol–water partition coefficient (Wildman–Crippen LogP) is 6.23. The van der Waals surface area contributed by atoms with Gasteiger partial charge in [0.05, 0.1) is 24.9 Å². The van der Waals surface area contributed by atoms with Crippen LogP contribution in [0.15, 0.2) is 72.9 Å². The van der Waals surface area contributed by atoms with Gasteiger partial charge in [-0.25, -0.2) is 14.1 Å². The number of carbonyl (C=O) groups excluding carboxylic acids is 2. The van der Waals surface area contributed by atoms with Crippen molar-refractivity contribution in [2.45, 2.75) is 26.2 Å². The summed E-state index contributed by atoms with van der Waals surface area (Å²) in [6.45, 7) is 4.85. The minimum atomic E-state index is -0.810. The molecule has 0 spiro atoms. The van der Waals surface area contributed by atoms with Gasteiger partial charge in [0.1, 0.15) is 11.5 Å². The Morgan fingerprint density at radius 2 is 1.82 bits per heavy atom. The Hall–Kier alpha value is -4.74. The maximum Gasteiger partial charge on any atom is 0.333 e. The molecule has 0 aliphatic carbocycles. The zero-order valence-electron chi connectivity index (χ0n) is 25.4. The van der Waals surface area contributed by atoms with Crippen molar-refractivity contribution in [2.75, 3.05) is 50.2 Å². The van der Waals surface area contributed by atoms with Gasteiger partial charge < -0.3 is 29.5 Å². The van der Waals surface area contributed by atoms with E-state index in [1.165, 1.54) is 19.1 Å². The van der Waals surface area contributed by atoms with E-state index in [-0.39, 0.29) is 18.0 Å². The molecular formula is C34H37FN4O6. The van der Waals surface area contributed by atoms with Gasteiger partial charge in [-0.2, -0.15) is 0 Å². The van der Waals surface area contributed by atoms with Crippen LogP contribution in [0.25, 0.3) is 10.9 Å². The number of methoxy groups -OCH3 is 1. The molecule has 3 aromatic carbocycles. The van der Waals surface area contributed by atoms with Crippen LogP contribution in [-0.4, -0.2) is 66.9 Å². The molecule has 0 radical (unpaired) electrons. The fourth-order valence-corrected chi connectivity index (χ4v) is 5.33. The van der Waals surface area contributed by atoms with E-state index in [1.807, 2.05) is 0 Å². The van der Waals surface area contributed by atoms with Crippen molar-refractivity contribution in [1.82, 2.24) is 9.88 Å². The normalized spacial score (nSPS) is 13.8. The summed E-state index contributed by atoms with van der Waals surface area (Å²) in [5, 5.41) is 12.6. The molecule has 1 fully saturated rings. The van der Waals surface area contributed by atoms with Gasteiger partial charge in [0.15, 0.2) is 17.3 Å². The number of likely N-dealkylation sites (tertiary alicyclic amines) is 1. The summed E-state index contributed by atoms with van der Waals surface area (Å²) in [4.78, 5) is 32.8. The number of ether oxygens (including phenoxy) is 3. The standard InChI is InChI=1S/C34H37FN4O6/c1-23(41)39(34(42)37-25-7-4-3-5-8-25)30-10-9-26(19-28(30)35)45-31-11-14-36-29-21-33(32(43-2)20-27(29)31)44-18-6-15-38-16-12-24(22-40)13-17-38/h3-5,7-11,14,19-21,24,40H,6,12-13,15-18,22H2,1-2H3,(H,37,42). The van der Waals surface area contributed by atoms with E-state index in [9.17, 15) is 14.7 Å². The van der Waals surface area contributed by atoms with Gasteiger partial charge in [0.2, 0.25) is 5.91 Å². The molecule has 4 aromatic rings. The molecule has 1 aromatic heterocycles. The number of rotatable bonds is 11. The molecule has 0 saturated carbocycles. The first kappa shape index (κ1) is 31.7. The first-order chi connectivity index (χ1) is 21.9. The summed E-state index contributed by atoms with van der Waals surface area (Å²) < 4.78 is 33.0. The number of hydrogen-bond acceptors (Lipinski definition) is 8. The molecule has 2 N–H and O–H groups in total. The number of nitrogens with one attached hydrogen (secondary N) is 1. The highest BCUT2D eigenvalue weighted by molar-refractivity contribution is 6.17. The van der Waals surface area contributed by atoms with Crippen LogP contribution in [-0.2, 0) is 4.79 Å². The first-order valence-corrected chi connectivity index (χ1v) is 14.9. The largest absolute Gasteiger partial charge is 0.493 e. The average Bonchev–Trinajstić information content (AvgIpc) is 3.04. The summed E-state index contributed by atoms with van der Waals surface area (Å²) in [5.74, 6) is 0.592. The molecule has 1 aliphatic heterocycles. The lowest BCUT2D eigenvalue weighted by Gasteiger charge is -2.30. The molecule has 2 heterocycles. The second-order valence-corrected chi connectivity index (χ2v) is 10.9. The van der Waals surface area contributed by atoms with Crippen LogP contribution < -0.4 is 24.4 Å². The number of aliphatic hydroxyl groups excluding tert-OH is 1. The molecule has 0 bridgehead atoms. The topological polar surface area (TPSA) is 113 Å². The van der Waals surface area contributed by atoms with Crippen LogP contribution in [0.5, 0.6) is 23.0 Å². The Balaban J connectivity index is 1.27. The van der Waals surface area contributed by atoms with Crippen molar-refractivity contribution < 1.29 is 33.3 Å². The number of aromatic nitrogens is 1. The number of amides is 3. The quantitative estimate of drug-likeness (QED) is 0.191. The highest BCUT2D eigenvalue weighted by Gasteiger charge is 2.24. The Morgan fingerprint density at radius 1 is 1.04 bits per heavy atom. The van der Waals surface area contributed by atoms with Crippen LogP contribution in [0.4, 0.5) is 20.6 Å². The SMILES string of the molecule is COc1cc2c(Oc3ccc(N(C(C)=O)C(=O)Nc4ccccc4)c(F)c3)ccnc2cc1OCCCN1CCC(CO)CC1. The molecule has 5 rings (SSSR count). The monoisotopic (exact) mass is 616 g/mol. The van der Waals surface area contributed by atoms with E-state index in [0.717, 1.165) is 49.9 Å². The highest BCUT2D eigenvalue weighted by Crippen LogP contribution is 2.38. The van der Waals surface area contributed by atoms with Crippen LogP contribution in [0, 0.1) is 11.7 Å². The lowest BCUT2D eigenvalue weighted by atomic mass is 9.98. The molecule has 11 heteroatoms. The van der Waals surface area contributed by atoms with Gasteiger partial charge in [-0.1, -0.05) is 18.2 Å². The summed E-state index contributed by atoms with van der Waals surface area (Å²) in [7, 11) is 1.55. The third-order valence-corrected chi connectivity index (χ3v) is 7.76. The predicted molar refractivity (Wildman–Crippen MR) is 170 cm³/mol. The minimum absolute atomic E-state index is 0.165. The van der Waals surface area contributed by atoms with Gasteiger partial charge in [-0.3, -0.25) is 9.78 Å². The average molecular weight is 617 g/mol. The third kappa shape index (κ3) is 7.86. The van der Waals surface area contributed by atoms with E-state index in [0.29, 0.717) is 46.4 Å². The number of carbonyl (C=O) groups is 2. The summed E-state index contributed by atoms with van der Waals surface area (Å²) in [5.41, 5.74) is 0.866. The summed E-state index contributed by atoms with van der Waals surface area (Å²) in [6.07, 6.45) is 4.47. The van der Waals surface area contributed by atoms with Crippen molar-refractivity contribution in [3.63, 3.8) is 0 Å². The fourth-order valence-electron chi connectivity index (χ4n) is 5.33. The molecule has 236 valence electrons. The Kier molecular flexibility index (Phi) is 10.4. The number of aliphatic hydroxyl groups is 1. The van der Waals surface area contributed by atoms with Crippen LogP contribution in [0.2, 0.25) is 0 Å². The van der Waals surface area contributed by atoms with Crippen LogP contribution in [0.3, 0.4) is 0 Å². The maximum absolute atomic E-state index is 15.3. The fraction of sp³-hybridized carbons (Fsp3) is 0.324. The van der Waals surface area contributed by atoms with E-state index < -0.39 is 17.8 Å². The number of halogens is 1. The molecule has 45 heavy (non-hydrogen) atoms. The minimum Gasteiger partial charge on any atom is -0.493 e. The molecule has 0 unspecified atom stereocenters. The number of nitrogens with zero attached hydrogens (tertiary/aromatic N) is 3. The number of urea groups is 1. The number of pyridine rings is 1. The third-order valence-electron chi connectivity index (χ3n) is 7.76. The lowest BCUT2D eigenvalue weighted by Crippen LogP contribution is -2.39. The Labute approximate surface area is 261 Å². The molecule has 3 amide bonds. The van der Waals surface area contributed by atoms with Gasteiger partial charge in [0.25, 0.3) is 0 Å². The van der Waals surface area contributed by atoms with Crippen molar-refractivity contribution in [3.05, 3.63) is 78.7 Å². The Morgan fingerprint density at radius 3 is 2.51 bits per heavy atom. The van der Waals surface area contributed by atoms with Crippen molar-refractivity contribution in [2.24, 2.45) is 5.92 Å². The number of hydrogen-bond donors (Lipinski definition) is 2. The summed E-state index contributed by atoms with van der Waals surface area (Å²) in [6, 6.07) is 16.9. The zero-order chi connectivity index (χ0) is 31.8. The van der Waals surface area contributed by atoms with Gasteiger partial charge in [-0.15, -0.1) is 0 Å². The van der Waals surface area contributed by atoms with E-state index in [4.69, 9.17) is 14.2 Å². The van der Waals surface area contributed by atoms with Gasteiger partial charge >= 0.3 is 6.03 Å². The molecule has 10 nitrogen and oxygen atoms in total. The lowest BCUT2D eigenvalue weighted by molar-refractivity contribution is -0.115. The highest BCUT2D eigenvalue weighted by atomic mass is 19.1. The van der Waals surface area contributed by atoms with Crippen LogP contribution >= 0.6 is 0 Å². The maximum atomic E-state index is 15.3. The second kappa shape index (κ2) is 14.8. The molecular weight excluding hydrogens is 579 g/mol. The number of fused-ring (bicyclic) bond motifs is 1. The molecule has 1 saturated heterocycles. The Bertz CT molecular complexity index is 1630. The van der Waals surface area contributed by atoms with Gasteiger partial charge in [-0.05, 0) is 74.7 Å². The molecule has 1 aliphatic rings. The van der Waals surface area contributed by atoms with E-state index >= 15 is 4.39 Å². The zero-order valence-corrected chi connectivity index (χ0v) is 25.4. The smallest absolute Gasteiger partial charge is 0.333 e. The number of benzene rings is 3. The van der Waals surface area contributed by atoms with Crippen molar-refractivity contribution in [3.8, 4) is 23.0 Å². The van der Waals surface area contributed by atoms with Gasteiger partial charge in [0, 0.05) is 49.5 Å². The van der Waals surface area contributed by atoms with Crippen LogP contribution in [0.1, 0.15) is 26.2 Å². The van der Waals surface area contributed by atoms with E-state index in [2.05, 4.69) is 15.2 Å². The number of anilines is 2. The number of imide groups is 1. The van der Waals surface area contributed by atoms with Crippen molar-refractivity contribution in [1.29, 1.82) is 0 Å². The van der Waals surface area contributed by atoms with E-state index in [1.54, 1.807) is 61.8 Å². The first-order valence-electron chi connectivity index (χ1n) is 14.9. The molecule has 0 atom stereocenters. The number of piperidine rings is 1. The number of para-hydroxylation sites is 1. The summed E-state index contributed by atoms with van der Waals surface area (Å²) >= 11 is 0.